The van der Waals surface area contributed by atoms with Crippen LogP contribution >= 0.6 is 0 Å². The molecule has 178 valence electrons. The molecule has 9 nitrogen and oxygen atoms in total. The van der Waals surface area contributed by atoms with Crippen LogP contribution in [0.3, 0.4) is 0 Å². The van der Waals surface area contributed by atoms with E-state index in [1.807, 2.05) is 26.4 Å². The monoisotopic (exact) mass is 458 g/mol. The summed E-state index contributed by atoms with van der Waals surface area (Å²) in [6.07, 6.45) is 3.29. The fourth-order valence-electron chi connectivity index (χ4n) is 4.89. The molecule has 2 aromatic rings. The molecule has 2 saturated heterocycles. The number of ether oxygens (including phenoxy) is 5. The molecular weight excluding hydrogens is 428 g/mol. The molecule has 1 aromatic heterocycles. The van der Waals surface area contributed by atoms with E-state index in [1.165, 1.54) is 21.3 Å². The molecule has 0 amide bonds. The Balaban J connectivity index is 1.44. The number of rotatable bonds is 7. The van der Waals surface area contributed by atoms with Gasteiger partial charge in [-0.3, -0.25) is 4.90 Å². The van der Waals surface area contributed by atoms with Gasteiger partial charge in [0.1, 0.15) is 17.9 Å². The maximum Gasteiger partial charge on any atom is 0.355 e. The molecule has 33 heavy (non-hydrogen) atoms. The second kappa shape index (κ2) is 9.35. The maximum atomic E-state index is 12.9. The smallest absolute Gasteiger partial charge is 0.355 e. The number of benzene rings is 1. The van der Waals surface area contributed by atoms with Crippen molar-refractivity contribution in [1.29, 1.82) is 0 Å². The normalized spacial score (nSPS) is 24.3. The summed E-state index contributed by atoms with van der Waals surface area (Å²) in [6.45, 7) is 0. The van der Waals surface area contributed by atoms with Gasteiger partial charge < -0.3 is 28.3 Å². The molecule has 0 saturated carbocycles. The lowest BCUT2D eigenvalue weighted by atomic mass is 10.00. The predicted octanol–water partition coefficient (Wildman–Crippen LogP) is 2.67. The lowest BCUT2D eigenvalue weighted by Gasteiger charge is -2.36. The van der Waals surface area contributed by atoms with Gasteiger partial charge in [0.05, 0.1) is 32.9 Å². The highest BCUT2D eigenvalue weighted by Gasteiger charge is 2.48. The number of aryl methyl sites for hydroxylation is 1. The number of fused-ring (bicyclic) bond motifs is 2. The number of methoxy groups -OCH3 is 3. The lowest BCUT2D eigenvalue weighted by Crippen LogP contribution is -2.46. The van der Waals surface area contributed by atoms with E-state index in [2.05, 4.69) is 4.90 Å². The van der Waals surface area contributed by atoms with Gasteiger partial charge in [-0.2, -0.15) is 0 Å². The molecule has 3 heterocycles. The Kier molecular flexibility index (Phi) is 6.51. The molecule has 2 fully saturated rings. The number of carbonyl (C=O) groups excluding carboxylic acids is 2. The van der Waals surface area contributed by atoms with Gasteiger partial charge in [0.15, 0.2) is 11.5 Å². The van der Waals surface area contributed by atoms with E-state index >= 15 is 0 Å². The van der Waals surface area contributed by atoms with E-state index in [-0.39, 0.29) is 30.3 Å². The average molecular weight is 459 g/mol. The predicted molar refractivity (Wildman–Crippen MR) is 119 cm³/mol. The first-order valence-corrected chi connectivity index (χ1v) is 10.9. The Morgan fingerprint density at radius 3 is 2.18 bits per heavy atom. The third-order valence-corrected chi connectivity index (χ3v) is 6.66. The van der Waals surface area contributed by atoms with Crippen LogP contribution in [0.4, 0.5) is 0 Å². The van der Waals surface area contributed by atoms with E-state index in [0.29, 0.717) is 41.3 Å². The van der Waals surface area contributed by atoms with Crippen molar-refractivity contribution in [1.82, 2.24) is 9.47 Å². The van der Waals surface area contributed by atoms with Gasteiger partial charge in [-0.1, -0.05) is 0 Å². The quantitative estimate of drug-likeness (QED) is 0.585. The summed E-state index contributed by atoms with van der Waals surface area (Å²) in [5.74, 6) is 0.400. The van der Waals surface area contributed by atoms with Crippen molar-refractivity contribution < 1.29 is 33.3 Å². The van der Waals surface area contributed by atoms with Gasteiger partial charge in [0.25, 0.3) is 0 Å². The van der Waals surface area contributed by atoms with Crippen molar-refractivity contribution in [3.05, 3.63) is 41.7 Å². The maximum absolute atomic E-state index is 12.9. The van der Waals surface area contributed by atoms with Crippen molar-refractivity contribution in [2.24, 2.45) is 7.05 Å². The van der Waals surface area contributed by atoms with Crippen LogP contribution in [0.15, 0.2) is 30.5 Å². The summed E-state index contributed by atoms with van der Waals surface area (Å²) in [6, 6.07) is 6.89. The van der Waals surface area contributed by atoms with Crippen LogP contribution in [0.25, 0.3) is 0 Å². The van der Waals surface area contributed by atoms with E-state index in [1.54, 1.807) is 22.8 Å². The number of esters is 2. The van der Waals surface area contributed by atoms with Crippen molar-refractivity contribution in [3.63, 3.8) is 0 Å². The van der Waals surface area contributed by atoms with Gasteiger partial charge in [-0.25, -0.2) is 9.59 Å². The molecule has 2 aliphatic rings. The largest absolute Gasteiger partial charge is 0.493 e. The first kappa shape index (κ1) is 23.0. The average Bonchev–Trinajstić information content (AvgIpc) is 3.30. The summed E-state index contributed by atoms with van der Waals surface area (Å²) in [5, 5.41) is 0. The van der Waals surface area contributed by atoms with Crippen LogP contribution in [0.5, 0.6) is 17.2 Å². The Bertz CT molecular complexity index is 1010. The van der Waals surface area contributed by atoms with Gasteiger partial charge in [0.2, 0.25) is 5.75 Å². The second-order valence-electron chi connectivity index (χ2n) is 8.48. The molecule has 0 spiro atoms. The van der Waals surface area contributed by atoms with Crippen LogP contribution < -0.4 is 14.2 Å². The highest BCUT2D eigenvalue weighted by Crippen LogP contribution is 2.40. The molecule has 1 aromatic carbocycles. The molecule has 4 atom stereocenters. The minimum Gasteiger partial charge on any atom is -0.493 e. The molecule has 0 radical (unpaired) electrons. The number of hydrogen-bond donors (Lipinski definition) is 0. The number of likely N-dealkylation sites (N-methyl/N-ethyl adjacent to an activating group) is 1. The number of hydrogen-bond acceptors (Lipinski definition) is 8. The summed E-state index contributed by atoms with van der Waals surface area (Å²) >= 11 is 0. The SMILES string of the molecule is COc1cc(C(=O)O[C@@H]2C[C@@H]3C[C@@H](OC(=O)c4cccn4C)[C@H](C2)N3C)cc(OC)c1OC. The Hall–Kier alpha value is -3.20. The lowest BCUT2D eigenvalue weighted by molar-refractivity contribution is -0.0154. The summed E-state index contributed by atoms with van der Waals surface area (Å²) in [7, 11) is 8.35. The van der Waals surface area contributed by atoms with Gasteiger partial charge in [0, 0.05) is 38.5 Å². The fraction of sp³-hybridized carbons (Fsp3) is 0.500. The summed E-state index contributed by atoms with van der Waals surface area (Å²) in [5.41, 5.74) is 0.840. The number of carbonyl (C=O) groups is 2. The van der Waals surface area contributed by atoms with E-state index < -0.39 is 5.97 Å². The highest BCUT2D eigenvalue weighted by molar-refractivity contribution is 5.91. The van der Waals surface area contributed by atoms with Crippen molar-refractivity contribution in [3.8, 4) is 17.2 Å². The van der Waals surface area contributed by atoms with Gasteiger partial charge >= 0.3 is 11.9 Å². The zero-order valence-electron chi connectivity index (χ0n) is 19.6. The minimum atomic E-state index is -0.458. The van der Waals surface area contributed by atoms with Crippen molar-refractivity contribution >= 4 is 11.9 Å². The van der Waals surface area contributed by atoms with Gasteiger partial charge in [-0.05, 0) is 31.3 Å². The van der Waals surface area contributed by atoms with E-state index in [4.69, 9.17) is 23.7 Å². The van der Waals surface area contributed by atoms with Crippen molar-refractivity contribution in [2.45, 2.75) is 43.6 Å². The zero-order valence-corrected chi connectivity index (χ0v) is 19.6. The topological polar surface area (TPSA) is 88.5 Å². The fourth-order valence-corrected chi connectivity index (χ4v) is 4.89. The Labute approximate surface area is 193 Å². The number of piperidine rings is 1. The molecule has 4 rings (SSSR count). The van der Waals surface area contributed by atoms with Crippen LogP contribution in [0.1, 0.15) is 40.1 Å². The van der Waals surface area contributed by atoms with Crippen LogP contribution in [-0.4, -0.2) is 74.1 Å². The highest BCUT2D eigenvalue weighted by atomic mass is 16.6. The molecule has 0 N–H and O–H groups in total. The van der Waals surface area contributed by atoms with Crippen LogP contribution in [0, 0.1) is 0 Å². The van der Waals surface area contributed by atoms with Gasteiger partial charge in [-0.15, -0.1) is 0 Å². The molecule has 2 aliphatic heterocycles. The summed E-state index contributed by atoms with van der Waals surface area (Å²) in [4.78, 5) is 27.8. The first-order valence-electron chi connectivity index (χ1n) is 10.9. The van der Waals surface area contributed by atoms with Crippen LogP contribution in [0.2, 0.25) is 0 Å². The van der Waals surface area contributed by atoms with E-state index in [0.717, 1.165) is 6.42 Å². The molecule has 0 unspecified atom stereocenters. The van der Waals surface area contributed by atoms with Crippen molar-refractivity contribution in [2.75, 3.05) is 28.4 Å². The zero-order chi connectivity index (χ0) is 23.7. The third-order valence-electron chi connectivity index (χ3n) is 6.66. The molecule has 0 aliphatic carbocycles. The summed E-state index contributed by atoms with van der Waals surface area (Å²) < 4.78 is 29.5. The standard InChI is InChI=1S/C24H30N2O7/c1-25-8-6-7-17(25)24(28)33-19-12-15-11-16(13-18(19)26(15)2)32-23(27)14-9-20(29-3)22(31-5)21(10-14)30-4/h6-10,15-16,18-19H,11-13H2,1-5H3/t15-,16-,18+,19-/m1/s1. The second-order valence-corrected chi connectivity index (χ2v) is 8.48. The molecular formula is C24H30N2O7. The Morgan fingerprint density at radius 2 is 1.61 bits per heavy atom. The molecule has 9 heteroatoms. The Morgan fingerprint density at radius 1 is 0.909 bits per heavy atom. The molecule has 2 bridgehead atoms. The number of aromatic nitrogens is 1. The van der Waals surface area contributed by atoms with Crippen LogP contribution in [-0.2, 0) is 16.5 Å². The van der Waals surface area contributed by atoms with E-state index in [9.17, 15) is 9.59 Å². The number of nitrogens with zero attached hydrogens (tertiary/aromatic N) is 2. The minimum absolute atomic E-state index is 0.00860. The third kappa shape index (κ3) is 4.37. The first-order chi connectivity index (χ1) is 15.9.